The molecular weight excluding hydrogens is 200 g/mol. The van der Waals surface area contributed by atoms with Gasteiger partial charge in [0.2, 0.25) is 5.91 Å². The van der Waals surface area contributed by atoms with Gasteiger partial charge >= 0.3 is 0 Å². The van der Waals surface area contributed by atoms with Crippen LogP contribution in [0.2, 0.25) is 0 Å². The van der Waals surface area contributed by atoms with E-state index in [2.05, 4.69) is 31.1 Å². The number of hydrogen-bond donors (Lipinski definition) is 2. The highest BCUT2D eigenvalue weighted by molar-refractivity contribution is 5.78. The SMILES string of the molecule is C=CCNC(=O)CNC1CC(C)CC(C)C1. The van der Waals surface area contributed by atoms with Gasteiger partial charge in [0, 0.05) is 12.6 Å². The van der Waals surface area contributed by atoms with Crippen LogP contribution in [-0.2, 0) is 4.79 Å². The number of carbonyl (C=O) groups excluding carboxylic acids is 1. The fourth-order valence-electron chi connectivity index (χ4n) is 2.60. The van der Waals surface area contributed by atoms with Crippen LogP contribution in [0.1, 0.15) is 33.1 Å². The quantitative estimate of drug-likeness (QED) is 0.698. The lowest BCUT2D eigenvalue weighted by atomic mass is 9.80. The van der Waals surface area contributed by atoms with E-state index in [4.69, 9.17) is 0 Å². The molecule has 3 nitrogen and oxygen atoms in total. The van der Waals surface area contributed by atoms with Crippen LogP contribution in [-0.4, -0.2) is 25.0 Å². The van der Waals surface area contributed by atoms with Crippen molar-refractivity contribution in [3.05, 3.63) is 12.7 Å². The summed E-state index contributed by atoms with van der Waals surface area (Å²) in [6.07, 6.45) is 5.40. The molecular formula is C13H24N2O. The molecule has 2 atom stereocenters. The minimum atomic E-state index is 0.0609. The largest absolute Gasteiger partial charge is 0.352 e. The van der Waals surface area contributed by atoms with Crippen molar-refractivity contribution in [2.45, 2.75) is 39.2 Å². The Morgan fingerprint density at radius 2 is 1.94 bits per heavy atom. The molecule has 92 valence electrons. The van der Waals surface area contributed by atoms with Crippen LogP contribution in [0, 0.1) is 11.8 Å². The van der Waals surface area contributed by atoms with Crippen molar-refractivity contribution in [1.29, 1.82) is 0 Å². The highest BCUT2D eigenvalue weighted by Gasteiger charge is 2.23. The molecule has 0 radical (unpaired) electrons. The Bertz CT molecular complexity index is 230. The average Bonchev–Trinajstić information content (AvgIpc) is 2.22. The summed E-state index contributed by atoms with van der Waals surface area (Å²) in [5.41, 5.74) is 0. The van der Waals surface area contributed by atoms with Crippen LogP contribution < -0.4 is 10.6 Å². The van der Waals surface area contributed by atoms with Crippen molar-refractivity contribution in [2.24, 2.45) is 11.8 Å². The number of rotatable bonds is 5. The number of hydrogen-bond acceptors (Lipinski definition) is 2. The van der Waals surface area contributed by atoms with Crippen molar-refractivity contribution in [1.82, 2.24) is 10.6 Å². The van der Waals surface area contributed by atoms with Gasteiger partial charge in [-0.3, -0.25) is 4.79 Å². The molecule has 2 unspecified atom stereocenters. The lowest BCUT2D eigenvalue weighted by Gasteiger charge is -2.31. The fraction of sp³-hybridized carbons (Fsp3) is 0.769. The van der Waals surface area contributed by atoms with Gasteiger partial charge in [0.15, 0.2) is 0 Å². The van der Waals surface area contributed by atoms with Gasteiger partial charge in [-0.25, -0.2) is 0 Å². The highest BCUT2D eigenvalue weighted by atomic mass is 16.1. The topological polar surface area (TPSA) is 41.1 Å². The van der Waals surface area contributed by atoms with Crippen LogP contribution in [0.25, 0.3) is 0 Å². The summed E-state index contributed by atoms with van der Waals surface area (Å²) in [5, 5.41) is 6.12. The van der Waals surface area contributed by atoms with E-state index in [-0.39, 0.29) is 5.91 Å². The molecule has 1 aliphatic carbocycles. The summed E-state index contributed by atoms with van der Waals surface area (Å²) in [5.74, 6) is 1.61. The van der Waals surface area contributed by atoms with E-state index in [9.17, 15) is 4.79 Å². The molecule has 0 aromatic rings. The smallest absolute Gasteiger partial charge is 0.234 e. The van der Waals surface area contributed by atoms with Crippen LogP contribution >= 0.6 is 0 Å². The van der Waals surface area contributed by atoms with Crippen molar-refractivity contribution in [3.8, 4) is 0 Å². The second kappa shape index (κ2) is 6.69. The second-order valence-corrected chi connectivity index (χ2v) is 5.09. The van der Waals surface area contributed by atoms with E-state index in [1.807, 2.05) is 0 Å². The Balaban J connectivity index is 2.21. The standard InChI is InChI=1S/C13H24N2O/c1-4-5-14-13(16)9-15-12-7-10(2)6-11(3)8-12/h4,10-12,15H,1,5-9H2,2-3H3,(H,14,16). The zero-order valence-corrected chi connectivity index (χ0v) is 10.5. The summed E-state index contributed by atoms with van der Waals surface area (Å²) < 4.78 is 0. The molecule has 1 amide bonds. The van der Waals surface area contributed by atoms with E-state index < -0.39 is 0 Å². The van der Waals surface area contributed by atoms with Gasteiger partial charge < -0.3 is 10.6 Å². The van der Waals surface area contributed by atoms with Crippen molar-refractivity contribution < 1.29 is 4.79 Å². The van der Waals surface area contributed by atoms with Gasteiger partial charge in [0.25, 0.3) is 0 Å². The molecule has 0 aliphatic heterocycles. The summed E-state index contributed by atoms with van der Waals surface area (Å²) >= 11 is 0. The first-order valence-corrected chi connectivity index (χ1v) is 6.22. The summed E-state index contributed by atoms with van der Waals surface area (Å²) in [4.78, 5) is 11.4. The lowest BCUT2D eigenvalue weighted by molar-refractivity contribution is -0.120. The van der Waals surface area contributed by atoms with Gasteiger partial charge in [0.1, 0.15) is 0 Å². The predicted octanol–water partition coefficient (Wildman–Crippen LogP) is 1.70. The van der Waals surface area contributed by atoms with Crippen molar-refractivity contribution >= 4 is 5.91 Å². The molecule has 2 N–H and O–H groups in total. The lowest BCUT2D eigenvalue weighted by Crippen LogP contribution is -2.42. The predicted molar refractivity (Wildman–Crippen MR) is 67.2 cm³/mol. The van der Waals surface area contributed by atoms with Crippen LogP contribution in [0.4, 0.5) is 0 Å². The Hall–Kier alpha value is -0.830. The maximum atomic E-state index is 11.4. The van der Waals surface area contributed by atoms with Gasteiger partial charge in [-0.15, -0.1) is 6.58 Å². The highest BCUT2D eigenvalue weighted by Crippen LogP contribution is 2.28. The molecule has 3 heteroatoms. The zero-order valence-electron chi connectivity index (χ0n) is 10.5. The van der Waals surface area contributed by atoms with Gasteiger partial charge in [-0.2, -0.15) is 0 Å². The molecule has 1 rings (SSSR count). The average molecular weight is 224 g/mol. The third-order valence-corrected chi connectivity index (χ3v) is 3.17. The molecule has 16 heavy (non-hydrogen) atoms. The molecule has 0 bridgehead atoms. The molecule has 0 heterocycles. The van der Waals surface area contributed by atoms with Crippen LogP contribution in [0.15, 0.2) is 12.7 Å². The first-order chi connectivity index (χ1) is 7.61. The Morgan fingerprint density at radius 3 is 2.50 bits per heavy atom. The third-order valence-electron chi connectivity index (χ3n) is 3.17. The van der Waals surface area contributed by atoms with Gasteiger partial charge in [-0.05, 0) is 31.1 Å². The first kappa shape index (κ1) is 13.2. The van der Waals surface area contributed by atoms with E-state index in [0.717, 1.165) is 11.8 Å². The number of amides is 1. The van der Waals surface area contributed by atoms with Gasteiger partial charge in [-0.1, -0.05) is 19.9 Å². The molecule has 1 fully saturated rings. The zero-order chi connectivity index (χ0) is 12.0. The first-order valence-electron chi connectivity index (χ1n) is 6.22. The summed E-state index contributed by atoms with van der Waals surface area (Å²) in [6.45, 7) is 9.14. The number of nitrogens with one attached hydrogen (secondary N) is 2. The van der Waals surface area contributed by atoms with Crippen molar-refractivity contribution in [3.63, 3.8) is 0 Å². The van der Waals surface area contributed by atoms with Crippen LogP contribution in [0.3, 0.4) is 0 Å². The Morgan fingerprint density at radius 1 is 1.31 bits per heavy atom. The van der Waals surface area contributed by atoms with E-state index in [1.54, 1.807) is 6.08 Å². The molecule has 0 aromatic heterocycles. The second-order valence-electron chi connectivity index (χ2n) is 5.09. The molecule has 1 saturated carbocycles. The monoisotopic (exact) mass is 224 g/mol. The fourth-order valence-corrected chi connectivity index (χ4v) is 2.60. The van der Waals surface area contributed by atoms with Gasteiger partial charge in [0.05, 0.1) is 6.54 Å². The minimum Gasteiger partial charge on any atom is -0.352 e. The molecule has 1 aliphatic rings. The molecule has 0 aromatic carbocycles. The Kier molecular flexibility index (Phi) is 5.53. The van der Waals surface area contributed by atoms with E-state index in [0.29, 0.717) is 19.1 Å². The normalized spacial score (nSPS) is 29.8. The summed E-state index contributed by atoms with van der Waals surface area (Å²) in [7, 11) is 0. The maximum absolute atomic E-state index is 11.4. The molecule has 0 saturated heterocycles. The molecule has 0 spiro atoms. The van der Waals surface area contributed by atoms with E-state index >= 15 is 0 Å². The Labute approximate surface area is 98.7 Å². The van der Waals surface area contributed by atoms with E-state index in [1.165, 1.54) is 19.3 Å². The third kappa shape index (κ3) is 4.79. The number of carbonyl (C=O) groups is 1. The minimum absolute atomic E-state index is 0.0609. The summed E-state index contributed by atoms with van der Waals surface area (Å²) in [6, 6.07) is 0.508. The van der Waals surface area contributed by atoms with Crippen LogP contribution in [0.5, 0.6) is 0 Å². The maximum Gasteiger partial charge on any atom is 0.234 e. The van der Waals surface area contributed by atoms with Crippen molar-refractivity contribution in [2.75, 3.05) is 13.1 Å².